The molecule has 0 rings (SSSR count). The lowest BCUT2D eigenvalue weighted by Crippen LogP contribution is -2.05. The molecule has 0 fully saturated rings. The quantitative estimate of drug-likeness (QED) is 0.523. The second-order valence-electron chi connectivity index (χ2n) is 2.93. The first kappa shape index (κ1) is 15.4. The van der Waals surface area contributed by atoms with Crippen molar-refractivity contribution in [3.8, 4) is 0 Å². The molecule has 0 atom stereocenters. The van der Waals surface area contributed by atoms with Crippen LogP contribution in [-0.2, 0) is 9.47 Å². The first-order valence-corrected chi connectivity index (χ1v) is 5.07. The van der Waals surface area contributed by atoms with Gasteiger partial charge in [0, 0.05) is 13.2 Å². The second-order valence-corrected chi connectivity index (χ2v) is 2.93. The van der Waals surface area contributed by atoms with Crippen LogP contribution in [0.4, 0.5) is 0 Å². The molecule has 3 heteroatoms. The Kier molecular flexibility index (Phi) is 17.0. The summed E-state index contributed by atoms with van der Waals surface area (Å²) in [6, 6.07) is 0. The van der Waals surface area contributed by atoms with Crippen molar-refractivity contribution in [2.24, 2.45) is 0 Å². The number of rotatable bonds is 9. The van der Waals surface area contributed by atoms with E-state index in [-0.39, 0.29) is 5.48 Å². The fraction of sp³-hybridized carbons (Fsp3) is 1.00. The molecule has 0 aromatic carbocycles. The molecule has 0 heterocycles. The van der Waals surface area contributed by atoms with Crippen LogP contribution in [0.5, 0.6) is 0 Å². The van der Waals surface area contributed by atoms with Crippen LogP contribution in [0.3, 0.4) is 0 Å². The number of unbranched alkanes of at least 4 members (excludes halogenated alkanes) is 2. The van der Waals surface area contributed by atoms with Crippen LogP contribution in [0.1, 0.15) is 39.5 Å². The zero-order valence-electron chi connectivity index (χ0n) is 8.97. The summed E-state index contributed by atoms with van der Waals surface area (Å²) in [6.07, 6.45) is 4.73. The monoisotopic (exact) mass is 192 g/mol. The van der Waals surface area contributed by atoms with E-state index in [1.165, 1.54) is 12.8 Å². The Morgan fingerprint density at radius 1 is 0.692 bits per heavy atom. The Labute approximate surface area is 81.7 Å². The Hall–Kier alpha value is -0.120. The van der Waals surface area contributed by atoms with Crippen molar-refractivity contribution in [1.29, 1.82) is 0 Å². The molecular weight excluding hydrogens is 168 g/mol. The van der Waals surface area contributed by atoms with Gasteiger partial charge in [-0.2, -0.15) is 0 Å². The Balaban J connectivity index is 0. The summed E-state index contributed by atoms with van der Waals surface area (Å²) in [5.74, 6) is 0. The zero-order valence-corrected chi connectivity index (χ0v) is 8.97. The Morgan fingerprint density at radius 2 is 1.08 bits per heavy atom. The summed E-state index contributed by atoms with van der Waals surface area (Å²) < 4.78 is 10.7. The first-order chi connectivity index (χ1) is 5.91. The predicted octanol–water partition coefficient (Wildman–Crippen LogP) is 1.80. The van der Waals surface area contributed by atoms with Crippen molar-refractivity contribution in [3.63, 3.8) is 0 Å². The molecule has 0 aliphatic heterocycles. The van der Waals surface area contributed by atoms with Gasteiger partial charge in [-0.1, -0.05) is 26.7 Å². The van der Waals surface area contributed by atoms with Gasteiger partial charge in [-0.25, -0.2) is 0 Å². The van der Waals surface area contributed by atoms with E-state index in [0.717, 1.165) is 39.3 Å². The van der Waals surface area contributed by atoms with Crippen LogP contribution in [0.15, 0.2) is 0 Å². The van der Waals surface area contributed by atoms with Gasteiger partial charge in [0.2, 0.25) is 0 Å². The third-order valence-electron chi connectivity index (χ3n) is 1.66. The van der Waals surface area contributed by atoms with E-state index in [1.807, 2.05) is 0 Å². The minimum absolute atomic E-state index is 0. The van der Waals surface area contributed by atoms with Gasteiger partial charge in [-0.05, 0) is 12.8 Å². The fourth-order valence-electron chi connectivity index (χ4n) is 0.815. The summed E-state index contributed by atoms with van der Waals surface area (Å²) in [5, 5.41) is 0. The standard InChI is InChI=1S/C10H22O2.H2O/c1-3-5-7-11-9-10-12-8-6-4-2;/h3-10H2,1-2H3;1H2. The molecule has 0 aliphatic carbocycles. The smallest absolute Gasteiger partial charge is 0.0700 e. The van der Waals surface area contributed by atoms with Gasteiger partial charge in [0.1, 0.15) is 0 Å². The molecule has 0 aromatic rings. The molecule has 0 bridgehead atoms. The summed E-state index contributed by atoms with van der Waals surface area (Å²) in [5.41, 5.74) is 0. The normalized spacial score (nSPS) is 9.69. The van der Waals surface area contributed by atoms with Gasteiger partial charge in [-0.3, -0.25) is 0 Å². The number of ether oxygens (including phenoxy) is 2. The minimum Gasteiger partial charge on any atom is -0.412 e. The van der Waals surface area contributed by atoms with E-state index in [2.05, 4.69) is 13.8 Å². The average molecular weight is 192 g/mol. The maximum absolute atomic E-state index is 5.33. The lowest BCUT2D eigenvalue weighted by Gasteiger charge is -2.03. The van der Waals surface area contributed by atoms with E-state index in [1.54, 1.807) is 0 Å². The molecule has 2 N–H and O–H groups in total. The molecule has 0 radical (unpaired) electrons. The summed E-state index contributed by atoms with van der Waals surface area (Å²) >= 11 is 0. The fourth-order valence-corrected chi connectivity index (χ4v) is 0.815. The molecule has 13 heavy (non-hydrogen) atoms. The van der Waals surface area contributed by atoms with Crippen molar-refractivity contribution >= 4 is 0 Å². The maximum Gasteiger partial charge on any atom is 0.0700 e. The van der Waals surface area contributed by atoms with Crippen LogP contribution < -0.4 is 0 Å². The highest BCUT2D eigenvalue weighted by Gasteiger charge is 1.88. The van der Waals surface area contributed by atoms with E-state index in [4.69, 9.17) is 9.47 Å². The van der Waals surface area contributed by atoms with Crippen LogP contribution in [-0.4, -0.2) is 31.9 Å². The van der Waals surface area contributed by atoms with E-state index < -0.39 is 0 Å². The average Bonchev–Trinajstić information content (AvgIpc) is 2.10. The molecule has 0 unspecified atom stereocenters. The van der Waals surface area contributed by atoms with Crippen molar-refractivity contribution in [2.45, 2.75) is 39.5 Å². The predicted molar refractivity (Wildman–Crippen MR) is 55.1 cm³/mol. The van der Waals surface area contributed by atoms with Crippen LogP contribution in [0, 0.1) is 0 Å². The summed E-state index contributed by atoms with van der Waals surface area (Å²) in [7, 11) is 0. The third kappa shape index (κ3) is 14.7. The van der Waals surface area contributed by atoms with Crippen LogP contribution in [0.25, 0.3) is 0 Å². The van der Waals surface area contributed by atoms with E-state index in [0.29, 0.717) is 0 Å². The largest absolute Gasteiger partial charge is 0.412 e. The van der Waals surface area contributed by atoms with Crippen molar-refractivity contribution in [2.75, 3.05) is 26.4 Å². The SMILES string of the molecule is CCCCOCCOCCCC.O. The van der Waals surface area contributed by atoms with Crippen LogP contribution >= 0.6 is 0 Å². The summed E-state index contributed by atoms with van der Waals surface area (Å²) in [6.45, 7) is 7.61. The van der Waals surface area contributed by atoms with Gasteiger partial charge in [0.15, 0.2) is 0 Å². The number of hydrogen-bond donors (Lipinski definition) is 0. The molecule has 82 valence electrons. The third-order valence-corrected chi connectivity index (χ3v) is 1.66. The lowest BCUT2D eigenvalue weighted by atomic mass is 10.4. The van der Waals surface area contributed by atoms with Gasteiger partial charge < -0.3 is 14.9 Å². The minimum atomic E-state index is 0. The zero-order chi connectivity index (χ0) is 9.07. The maximum atomic E-state index is 5.33. The topological polar surface area (TPSA) is 50.0 Å². The van der Waals surface area contributed by atoms with Crippen LogP contribution in [0.2, 0.25) is 0 Å². The van der Waals surface area contributed by atoms with Crippen molar-refractivity contribution < 1.29 is 14.9 Å². The summed E-state index contributed by atoms with van der Waals surface area (Å²) in [4.78, 5) is 0. The Morgan fingerprint density at radius 3 is 1.38 bits per heavy atom. The highest BCUT2D eigenvalue weighted by molar-refractivity contribution is 4.35. The van der Waals surface area contributed by atoms with Gasteiger partial charge in [0.25, 0.3) is 0 Å². The van der Waals surface area contributed by atoms with Crippen molar-refractivity contribution in [3.05, 3.63) is 0 Å². The molecule has 0 saturated carbocycles. The molecule has 0 saturated heterocycles. The molecule has 0 spiro atoms. The van der Waals surface area contributed by atoms with Gasteiger partial charge in [-0.15, -0.1) is 0 Å². The molecule has 0 aliphatic rings. The Bertz CT molecular complexity index is 66.6. The first-order valence-electron chi connectivity index (χ1n) is 5.07. The molecule has 0 amide bonds. The molecule has 0 aromatic heterocycles. The number of hydrogen-bond acceptors (Lipinski definition) is 2. The highest BCUT2D eigenvalue weighted by atomic mass is 16.5. The van der Waals surface area contributed by atoms with E-state index >= 15 is 0 Å². The van der Waals surface area contributed by atoms with Crippen molar-refractivity contribution in [1.82, 2.24) is 0 Å². The highest BCUT2D eigenvalue weighted by Crippen LogP contribution is 1.90. The molecular formula is C10H24O3. The lowest BCUT2D eigenvalue weighted by molar-refractivity contribution is 0.0457. The van der Waals surface area contributed by atoms with E-state index in [9.17, 15) is 0 Å². The molecule has 3 nitrogen and oxygen atoms in total. The second kappa shape index (κ2) is 14.4. The van der Waals surface area contributed by atoms with Gasteiger partial charge in [0.05, 0.1) is 13.2 Å². The van der Waals surface area contributed by atoms with Gasteiger partial charge >= 0.3 is 0 Å².